The Morgan fingerprint density at radius 2 is 1.68 bits per heavy atom. The van der Waals surface area contributed by atoms with Crippen molar-refractivity contribution in [2.75, 3.05) is 34.0 Å². The van der Waals surface area contributed by atoms with Crippen molar-refractivity contribution in [3.05, 3.63) is 23.8 Å². The van der Waals surface area contributed by atoms with E-state index in [1.165, 1.54) is 0 Å². The third-order valence-electron chi connectivity index (χ3n) is 2.86. The van der Waals surface area contributed by atoms with Crippen LogP contribution in [0.5, 0.6) is 11.5 Å². The highest BCUT2D eigenvalue weighted by molar-refractivity contribution is 5.39. The molecule has 0 saturated heterocycles. The summed E-state index contributed by atoms with van der Waals surface area (Å²) in [5.41, 5.74) is 1.12. The maximum atomic E-state index is 5.65. The predicted molar refractivity (Wildman–Crippen MR) is 77.1 cm³/mol. The lowest BCUT2D eigenvalue weighted by Crippen LogP contribution is -2.25. The van der Waals surface area contributed by atoms with Gasteiger partial charge < -0.3 is 19.5 Å². The van der Waals surface area contributed by atoms with E-state index in [0.717, 1.165) is 36.6 Å². The maximum Gasteiger partial charge on any atom is 0.122 e. The normalized spacial score (nSPS) is 12.2. The Bertz CT molecular complexity index is 346. The van der Waals surface area contributed by atoms with Crippen molar-refractivity contribution >= 4 is 0 Å². The third-order valence-corrected chi connectivity index (χ3v) is 2.86. The summed E-state index contributed by atoms with van der Waals surface area (Å²) < 4.78 is 16.3. The summed E-state index contributed by atoms with van der Waals surface area (Å²) in [5, 5.41) is 3.42. The van der Waals surface area contributed by atoms with Gasteiger partial charge in [0.1, 0.15) is 11.5 Å². The molecule has 0 aromatic heterocycles. The molecular formula is C15H25NO3. The van der Waals surface area contributed by atoms with Crippen molar-refractivity contribution in [1.82, 2.24) is 5.32 Å². The summed E-state index contributed by atoms with van der Waals surface area (Å²) >= 11 is 0. The first kappa shape index (κ1) is 15.8. The molecule has 4 nitrogen and oxygen atoms in total. The highest BCUT2D eigenvalue weighted by Crippen LogP contribution is 2.26. The Kier molecular flexibility index (Phi) is 7.30. The molecule has 0 saturated carbocycles. The number of nitrogens with one attached hydrogen (secondary N) is 1. The highest BCUT2D eigenvalue weighted by atomic mass is 16.5. The highest BCUT2D eigenvalue weighted by Gasteiger charge is 2.13. The fourth-order valence-electron chi connectivity index (χ4n) is 1.90. The Balaban J connectivity index is 2.86. The molecule has 19 heavy (non-hydrogen) atoms. The molecule has 0 heterocycles. The molecule has 0 spiro atoms. The lowest BCUT2D eigenvalue weighted by molar-refractivity contribution is 0.112. The minimum absolute atomic E-state index is 0.153. The summed E-state index contributed by atoms with van der Waals surface area (Å²) in [7, 11) is 3.32. The molecule has 0 aliphatic heterocycles. The van der Waals surface area contributed by atoms with E-state index in [1.807, 2.05) is 18.2 Å². The smallest absolute Gasteiger partial charge is 0.122 e. The van der Waals surface area contributed by atoms with Crippen molar-refractivity contribution in [3.63, 3.8) is 0 Å². The van der Waals surface area contributed by atoms with Gasteiger partial charge in [0, 0.05) is 12.7 Å². The van der Waals surface area contributed by atoms with Crippen molar-refractivity contribution in [2.24, 2.45) is 0 Å². The van der Waals surface area contributed by atoms with E-state index in [9.17, 15) is 0 Å². The zero-order valence-electron chi connectivity index (χ0n) is 12.4. The summed E-state index contributed by atoms with van der Waals surface area (Å²) in [4.78, 5) is 0. The standard InChI is InChI=1S/C15H25NO3/c1-5-7-19-11-15(16-6-2)12-8-13(17-3)10-14(9-12)18-4/h8-10,15-16H,5-7,11H2,1-4H3. The van der Waals surface area contributed by atoms with Crippen LogP contribution in [0.4, 0.5) is 0 Å². The van der Waals surface area contributed by atoms with Crippen molar-refractivity contribution in [3.8, 4) is 11.5 Å². The zero-order valence-corrected chi connectivity index (χ0v) is 12.4. The number of benzene rings is 1. The number of hydrogen-bond donors (Lipinski definition) is 1. The molecule has 0 fully saturated rings. The second-order valence-electron chi connectivity index (χ2n) is 4.33. The quantitative estimate of drug-likeness (QED) is 0.698. The number of hydrogen-bond acceptors (Lipinski definition) is 4. The molecule has 4 heteroatoms. The van der Waals surface area contributed by atoms with E-state index in [2.05, 4.69) is 19.2 Å². The molecule has 0 aliphatic rings. The van der Waals surface area contributed by atoms with E-state index >= 15 is 0 Å². The lowest BCUT2D eigenvalue weighted by Gasteiger charge is -2.20. The molecule has 1 aromatic rings. The Morgan fingerprint density at radius 3 is 2.16 bits per heavy atom. The van der Waals surface area contributed by atoms with E-state index < -0.39 is 0 Å². The van der Waals surface area contributed by atoms with Gasteiger partial charge in [0.15, 0.2) is 0 Å². The molecule has 1 aromatic carbocycles. The predicted octanol–water partition coefficient (Wildman–Crippen LogP) is 2.78. The van der Waals surface area contributed by atoms with Crippen LogP contribution in [-0.2, 0) is 4.74 Å². The molecule has 0 amide bonds. The van der Waals surface area contributed by atoms with Crippen LogP contribution in [0.15, 0.2) is 18.2 Å². The first-order valence-corrected chi connectivity index (χ1v) is 6.79. The van der Waals surface area contributed by atoms with Gasteiger partial charge in [-0.3, -0.25) is 0 Å². The van der Waals surface area contributed by atoms with Crippen LogP contribution in [-0.4, -0.2) is 34.0 Å². The summed E-state index contributed by atoms with van der Waals surface area (Å²) in [6.07, 6.45) is 1.03. The minimum Gasteiger partial charge on any atom is -0.497 e. The first-order chi connectivity index (χ1) is 9.24. The summed E-state index contributed by atoms with van der Waals surface area (Å²) in [5.74, 6) is 1.60. The van der Waals surface area contributed by atoms with Crippen LogP contribution in [0.3, 0.4) is 0 Å². The van der Waals surface area contributed by atoms with Crippen molar-refractivity contribution in [1.29, 1.82) is 0 Å². The molecule has 1 atom stereocenters. The molecular weight excluding hydrogens is 242 g/mol. The Hall–Kier alpha value is -1.26. The monoisotopic (exact) mass is 267 g/mol. The van der Waals surface area contributed by atoms with Crippen LogP contribution in [0.25, 0.3) is 0 Å². The van der Waals surface area contributed by atoms with Gasteiger partial charge in [0.2, 0.25) is 0 Å². The molecule has 1 N–H and O–H groups in total. The van der Waals surface area contributed by atoms with Gasteiger partial charge >= 0.3 is 0 Å². The molecule has 0 radical (unpaired) electrons. The van der Waals surface area contributed by atoms with E-state index in [-0.39, 0.29) is 6.04 Å². The van der Waals surface area contributed by atoms with Gasteiger partial charge in [0.05, 0.1) is 26.9 Å². The van der Waals surface area contributed by atoms with Gasteiger partial charge in [-0.15, -0.1) is 0 Å². The average Bonchev–Trinajstić information content (AvgIpc) is 2.46. The van der Waals surface area contributed by atoms with Crippen LogP contribution >= 0.6 is 0 Å². The molecule has 0 bridgehead atoms. The Labute approximate surface area is 116 Å². The fourth-order valence-corrected chi connectivity index (χ4v) is 1.90. The van der Waals surface area contributed by atoms with Crippen LogP contribution in [0, 0.1) is 0 Å². The summed E-state index contributed by atoms with van der Waals surface area (Å²) in [6, 6.07) is 6.07. The fraction of sp³-hybridized carbons (Fsp3) is 0.600. The van der Waals surface area contributed by atoms with Gasteiger partial charge in [-0.25, -0.2) is 0 Å². The van der Waals surface area contributed by atoms with Crippen molar-refractivity contribution < 1.29 is 14.2 Å². The lowest BCUT2D eigenvalue weighted by atomic mass is 10.1. The number of likely N-dealkylation sites (N-methyl/N-ethyl adjacent to an activating group) is 1. The Morgan fingerprint density at radius 1 is 1.05 bits per heavy atom. The minimum atomic E-state index is 0.153. The molecule has 1 unspecified atom stereocenters. The largest absolute Gasteiger partial charge is 0.497 e. The summed E-state index contributed by atoms with van der Waals surface area (Å²) in [6.45, 7) is 6.52. The van der Waals surface area contributed by atoms with Crippen LogP contribution < -0.4 is 14.8 Å². The van der Waals surface area contributed by atoms with Gasteiger partial charge in [0.25, 0.3) is 0 Å². The SMILES string of the molecule is CCCOCC(NCC)c1cc(OC)cc(OC)c1. The van der Waals surface area contributed by atoms with E-state index in [1.54, 1.807) is 14.2 Å². The van der Waals surface area contributed by atoms with Gasteiger partial charge in [-0.1, -0.05) is 13.8 Å². The average molecular weight is 267 g/mol. The number of rotatable bonds is 9. The second-order valence-corrected chi connectivity index (χ2v) is 4.33. The number of methoxy groups -OCH3 is 2. The third kappa shape index (κ3) is 5.09. The first-order valence-electron chi connectivity index (χ1n) is 6.79. The second kappa shape index (κ2) is 8.77. The van der Waals surface area contributed by atoms with Gasteiger partial charge in [-0.2, -0.15) is 0 Å². The van der Waals surface area contributed by atoms with E-state index in [4.69, 9.17) is 14.2 Å². The molecule has 108 valence electrons. The molecule has 1 rings (SSSR count). The van der Waals surface area contributed by atoms with E-state index in [0.29, 0.717) is 6.61 Å². The van der Waals surface area contributed by atoms with Crippen molar-refractivity contribution in [2.45, 2.75) is 26.3 Å². The topological polar surface area (TPSA) is 39.7 Å². The van der Waals surface area contributed by atoms with Crippen LogP contribution in [0.1, 0.15) is 31.9 Å². The molecule has 0 aliphatic carbocycles. The number of ether oxygens (including phenoxy) is 3. The van der Waals surface area contributed by atoms with Gasteiger partial charge in [-0.05, 0) is 30.7 Å². The maximum absolute atomic E-state index is 5.65. The zero-order chi connectivity index (χ0) is 14.1. The van der Waals surface area contributed by atoms with Crippen LogP contribution in [0.2, 0.25) is 0 Å².